The molecule has 6 nitrogen and oxygen atoms in total. The number of rotatable bonds is 4. The zero-order chi connectivity index (χ0) is 17.4. The molecule has 1 aliphatic heterocycles. The van der Waals surface area contributed by atoms with Crippen molar-refractivity contribution in [1.82, 2.24) is 14.8 Å². The smallest absolute Gasteiger partial charge is 0.338 e. The predicted octanol–water partition coefficient (Wildman–Crippen LogP) is 2.69. The Kier molecular flexibility index (Phi) is 4.07. The third-order valence-electron chi connectivity index (χ3n) is 5.46. The Morgan fingerprint density at radius 3 is 2.88 bits per heavy atom. The van der Waals surface area contributed by atoms with Gasteiger partial charge in [0.1, 0.15) is 18.8 Å². The van der Waals surface area contributed by atoms with Crippen molar-refractivity contribution in [3.8, 4) is 0 Å². The van der Waals surface area contributed by atoms with Gasteiger partial charge in [0.2, 0.25) is 0 Å². The molecule has 2 fully saturated rings. The summed E-state index contributed by atoms with van der Waals surface area (Å²) >= 11 is 0. The topological polar surface area (TPSA) is 66.2 Å². The van der Waals surface area contributed by atoms with E-state index in [0.29, 0.717) is 18.0 Å². The van der Waals surface area contributed by atoms with Crippen molar-refractivity contribution in [2.24, 2.45) is 11.3 Å². The second kappa shape index (κ2) is 6.26. The van der Waals surface area contributed by atoms with Crippen LogP contribution in [0.25, 0.3) is 0 Å². The molecule has 2 heterocycles. The zero-order valence-electron chi connectivity index (χ0n) is 14.6. The molecular weight excluding hydrogens is 318 g/mol. The quantitative estimate of drug-likeness (QED) is 0.800. The van der Waals surface area contributed by atoms with Gasteiger partial charge in [0.25, 0.3) is 0 Å². The van der Waals surface area contributed by atoms with Crippen molar-refractivity contribution in [3.63, 3.8) is 0 Å². The summed E-state index contributed by atoms with van der Waals surface area (Å²) in [5, 5.41) is 4.08. The Hall–Kier alpha value is -2.21. The van der Waals surface area contributed by atoms with Gasteiger partial charge in [-0.05, 0) is 30.5 Å². The van der Waals surface area contributed by atoms with Gasteiger partial charge in [-0.25, -0.2) is 14.5 Å². The van der Waals surface area contributed by atoms with E-state index in [2.05, 4.69) is 23.9 Å². The van der Waals surface area contributed by atoms with Crippen molar-refractivity contribution < 1.29 is 14.3 Å². The number of benzene rings is 1. The number of hydrogen-bond acceptors (Lipinski definition) is 5. The van der Waals surface area contributed by atoms with E-state index in [9.17, 15) is 4.79 Å². The van der Waals surface area contributed by atoms with Gasteiger partial charge in [0.05, 0.1) is 18.2 Å². The van der Waals surface area contributed by atoms with Gasteiger partial charge in [-0.1, -0.05) is 26.0 Å². The maximum absolute atomic E-state index is 12.5. The molecule has 1 saturated heterocycles. The third-order valence-corrected chi connectivity index (χ3v) is 5.46. The van der Waals surface area contributed by atoms with E-state index in [-0.39, 0.29) is 23.6 Å². The maximum atomic E-state index is 12.5. The summed E-state index contributed by atoms with van der Waals surface area (Å²) in [6.45, 7) is 5.70. The summed E-state index contributed by atoms with van der Waals surface area (Å²) < 4.78 is 13.5. The average molecular weight is 341 g/mol. The Labute approximate surface area is 147 Å². The van der Waals surface area contributed by atoms with Gasteiger partial charge >= 0.3 is 5.97 Å². The van der Waals surface area contributed by atoms with Crippen LogP contribution >= 0.6 is 0 Å². The highest BCUT2D eigenvalue weighted by atomic mass is 16.6. The Balaban J connectivity index is 1.41. The first-order valence-electron chi connectivity index (χ1n) is 8.79. The van der Waals surface area contributed by atoms with E-state index < -0.39 is 0 Å². The molecule has 1 aliphatic carbocycles. The van der Waals surface area contributed by atoms with Crippen LogP contribution in [-0.4, -0.2) is 39.5 Å². The fraction of sp³-hybridized carbons (Fsp3) is 0.526. The zero-order valence-corrected chi connectivity index (χ0v) is 14.6. The van der Waals surface area contributed by atoms with Crippen LogP contribution in [0.2, 0.25) is 0 Å². The minimum atomic E-state index is -0.255. The van der Waals surface area contributed by atoms with Crippen LogP contribution in [0.1, 0.15) is 42.6 Å². The highest BCUT2D eigenvalue weighted by molar-refractivity contribution is 5.89. The van der Waals surface area contributed by atoms with Crippen LogP contribution in [0.5, 0.6) is 0 Å². The van der Waals surface area contributed by atoms with E-state index in [4.69, 9.17) is 9.47 Å². The molecule has 0 spiro atoms. The molecule has 0 bridgehead atoms. The number of ether oxygens (including phenoxy) is 2. The van der Waals surface area contributed by atoms with Gasteiger partial charge in [0, 0.05) is 17.9 Å². The summed E-state index contributed by atoms with van der Waals surface area (Å²) in [5.41, 5.74) is 1.53. The fourth-order valence-electron chi connectivity index (χ4n) is 4.15. The van der Waals surface area contributed by atoms with Gasteiger partial charge in [0.15, 0.2) is 0 Å². The van der Waals surface area contributed by atoms with E-state index >= 15 is 0 Å². The van der Waals surface area contributed by atoms with Crippen molar-refractivity contribution in [1.29, 1.82) is 0 Å². The Morgan fingerprint density at radius 2 is 2.16 bits per heavy atom. The average Bonchev–Trinajstić information content (AvgIpc) is 3.13. The molecule has 0 unspecified atom stereocenters. The molecule has 132 valence electrons. The summed E-state index contributed by atoms with van der Waals surface area (Å²) in [4.78, 5) is 16.5. The molecule has 4 rings (SSSR count). The SMILES string of the molecule is CC1(C)[C@@H]2OCCC[C@H]2[C@H]1OC(=O)c1ccc(Cn2cncn2)cc1. The molecule has 6 heteroatoms. The number of carbonyl (C=O) groups is 1. The lowest BCUT2D eigenvalue weighted by atomic mass is 9.57. The Morgan fingerprint density at radius 1 is 1.36 bits per heavy atom. The van der Waals surface area contributed by atoms with E-state index in [0.717, 1.165) is 25.0 Å². The largest absolute Gasteiger partial charge is 0.458 e. The van der Waals surface area contributed by atoms with Crippen LogP contribution in [0, 0.1) is 11.3 Å². The first-order valence-corrected chi connectivity index (χ1v) is 8.79. The van der Waals surface area contributed by atoms with Gasteiger partial charge in [-0.15, -0.1) is 0 Å². The molecule has 25 heavy (non-hydrogen) atoms. The first kappa shape index (κ1) is 16.3. The molecule has 1 aromatic carbocycles. The van der Waals surface area contributed by atoms with Gasteiger partial charge in [-0.3, -0.25) is 0 Å². The Bertz CT molecular complexity index is 740. The fourth-order valence-corrected chi connectivity index (χ4v) is 4.15. The number of fused-ring (bicyclic) bond motifs is 1. The summed E-state index contributed by atoms with van der Waals surface area (Å²) in [7, 11) is 0. The van der Waals surface area contributed by atoms with Crippen molar-refractivity contribution in [3.05, 3.63) is 48.0 Å². The number of nitrogens with zero attached hydrogens (tertiary/aromatic N) is 3. The van der Waals surface area contributed by atoms with Crippen LogP contribution in [0.3, 0.4) is 0 Å². The molecule has 1 aromatic heterocycles. The number of esters is 1. The molecule has 3 atom stereocenters. The third kappa shape index (κ3) is 2.95. The van der Waals surface area contributed by atoms with Crippen molar-refractivity contribution in [2.45, 2.75) is 45.4 Å². The van der Waals surface area contributed by atoms with Crippen LogP contribution < -0.4 is 0 Å². The van der Waals surface area contributed by atoms with E-state index in [1.165, 1.54) is 6.33 Å². The molecular formula is C19H23N3O3. The highest BCUT2D eigenvalue weighted by Crippen LogP contribution is 2.53. The van der Waals surface area contributed by atoms with Crippen LogP contribution in [0.15, 0.2) is 36.9 Å². The second-order valence-corrected chi connectivity index (χ2v) is 7.53. The van der Waals surface area contributed by atoms with E-state index in [1.807, 2.05) is 24.3 Å². The molecule has 0 radical (unpaired) electrons. The molecule has 2 aromatic rings. The first-order chi connectivity index (χ1) is 12.1. The van der Waals surface area contributed by atoms with E-state index in [1.54, 1.807) is 11.0 Å². The van der Waals surface area contributed by atoms with Crippen molar-refractivity contribution in [2.75, 3.05) is 6.61 Å². The lowest BCUT2D eigenvalue weighted by Crippen LogP contribution is -2.65. The second-order valence-electron chi connectivity index (χ2n) is 7.53. The van der Waals surface area contributed by atoms with Crippen molar-refractivity contribution >= 4 is 5.97 Å². The van der Waals surface area contributed by atoms with Crippen LogP contribution in [-0.2, 0) is 16.0 Å². The lowest BCUT2D eigenvalue weighted by Gasteiger charge is -2.58. The highest BCUT2D eigenvalue weighted by Gasteiger charge is 2.60. The molecule has 1 saturated carbocycles. The summed E-state index contributed by atoms with van der Waals surface area (Å²) in [6, 6.07) is 7.48. The minimum absolute atomic E-state index is 0.0693. The number of aromatic nitrogens is 3. The molecule has 0 amide bonds. The summed E-state index contributed by atoms with van der Waals surface area (Å²) in [5.74, 6) is 0.0775. The standard InChI is InChI=1S/C19H23N3O3/c1-19(2)16-15(4-3-9-24-16)17(19)25-18(23)14-7-5-13(6-8-14)10-22-12-20-11-21-22/h5-8,11-12,15-17H,3-4,9-10H2,1-2H3/t15-,16-,17-/m1/s1. The minimum Gasteiger partial charge on any atom is -0.458 e. The predicted molar refractivity (Wildman–Crippen MR) is 91.0 cm³/mol. The number of carbonyl (C=O) groups excluding carboxylic acids is 1. The summed E-state index contributed by atoms with van der Waals surface area (Å²) in [6.07, 6.45) is 5.44. The number of hydrogen-bond donors (Lipinski definition) is 0. The monoisotopic (exact) mass is 341 g/mol. The molecule has 0 N–H and O–H groups in total. The van der Waals surface area contributed by atoms with Gasteiger partial charge < -0.3 is 9.47 Å². The maximum Gasteiger partial charge on any atom is 0.338 e. The lowest BCUT2D eigenvalue weighted by molar-refractivity contribution is -0.243. The molecule has 2 aliphatic rings. The normalized spacial score (nSPS) is 27.2. The van der Waals surface area contributed by atoms with Gasteiger partial charge in [-0.2, -0.15) is 5.10 Å². The van der Waals surface area contributed by atoms with Crippen LogP contribution in [0.4, 0.5) is 0 Å².